The van der Waals surface area contributed by atoms with Crippen molar-refractivity contribution in [2.75, 3.05) is 6.54 Å². The smallest absolute Gasteiger partial charge is 0.248 e. The van der Waals surface area contributed by atoms with Gasteiger partial charge in [0.15, 0.2) is 0 Å². The maximum absolute atomic E-state index is 11.4. The Morgan fingerprint density at radius 2 is 2.35 bits per heavy atom. The minimum Gasteiger partial charge on any atom is -0.326 e. The van der Waals surface area contributed by atoms with Gasteiger partial charge < -0.3 is 10.3 Å². The molecule has 0 saturated heterocycles. The summed E-state index contributed by atoms with van der Waals surface area (Å²) >= 11 is 0. The third-order valence-electron chi connectivity index (χ3n) is 4.03. The van der Waals surface area contributed by atoms with Crippen LogP contribution in [-0.2, 0) is 19.9 Å². The van der Waals surface area contributed by atoms with Gasteiger partial charge in [-0.1, -0.05) is 6.07 Å². The van der Waals surface area contributed by atoms with Crippen molar-refractivity contribution in [1.82, 2.24) is 20.1 Å². The van der Waals surface area contributed by atoms with Gasteiger partial charge in [-0.2, -0.15) is 5.10 Å². The summed E-state index contributed by atoms with van der Waals surface area (Å²) in [6.07, 6.45) is 6.02. The number of aryl methyl sites for hydroxylation is 2. The average Bonchev–Trinajstić information content (AvgIpc) is 2.84. The molecule has 1 atom stereocenters. The van der Waals surface area contributed by atoms with Crippen molar-refractivity contribution < 1.29 is 0 Å². The number of hydrogen-bond acceptors (Lipinski definition) is 3. The van der Waals surface area contributed by atoms with Crippen molar-refractivity contribution in [1.29, 1.82) is 0 Å². The lowest BCUT2D eigenvalue weighted by Gasteiger charge is -2.26. The monoisotopic (exact) mass is 272 g/mol. The highest BCUT2D eigenvalue weighted by molar-refractivity contribution is 5.26. The quantitative estimate of drug-likeness (QED) is 0.882. The molecule has 1 aliphatic carbocycles. The van der Waals surface area contributed by atoms with Gasteiger partial charge in [0.1, 0.15) is 0 Å². The lowest BCUT2D eigenvalue weighted by Crippen LogP contribution is -2.29. The standard InChI is InChI=1S/C15H20N4O/c1-19-11(8-10-17-19)7-9-16-13-3-2-4-14-12(13)5-6-15(20)18-14/h5-6,8,10,13,16H,2-4,7,9H2,1H3,(H,18,20). The van der Waals surface area contributed by atoms with Crippen LogP contribution in [-0.4, -0.2) is 21.3 Å². The zero-order valence-electron chi connectivity index (χ0n) is 11.7. The normalized spacial score (nSPS) is 17.9. The van der Waals surface area contributed by atoms with Crippen molar-refractivity contribution in [2.45, 2.75) is 31.7 Å². The van der Waals surface area contributed by atoms with Crippen LogP contribution < -0.4 is 10.9 Å². The summed E-state index contributed by atoms with van der Waals surface area (Å²) in [4.78, 5) is 14.3. The first-order chi connectivity index (χ1) is 9.74. The van der Waals surface area contributed by atoms with E-state index in [0.29, 0.717) is 6.04 Å². The zero-order valence-corrected chi connectivity index (χ0v) is 11.7. The van der Waals surface area contributed by atoms with Crippen LogP contribution >= 0.6 is 0 Å². The summed E-state index contributed by atoms with van der Waals surface area (Å²) in [6, 6.07) is 5.99. The largest absolute Gasteiger partial charge is 0.326 e. The van der Waals surface area contributed by atoms with E-state index in [4.69, 9.17) is 0 Å². The summed E-state index contributed by atoms with van der Waals surface area (Å²) < 4.78 is 1.91. The number of pyridine rings is 1. The van der Waals surface area contributed by atoms with Gasteiger partial charge in [-0.05, 0) is 30.9 Å². The number of rotatable bonds is 4. The molecule has 5 heteroatoms. The van der Waals surface area contributed by atoms with Crippen LogP contribution in [0.2, 0.25) is 0 Å². The van der Waals surface area contributed by atoms with E-state index in [1.807, 2.05) is 30.1 Å². The van der Waals surface area contributed by atoms with Gasteiger partial charge in [-0.25, -0.2) is 0 Å². The molecule has 1 unspecified atom stereocenters. The fourth-order valence-electron chi connectivity index (χ4n) is 2.93. The molecule has 0 amide bonds. The first-order valence-corrected chi connectivity index (χ1v) is 7.16. The van der Waals surface area contributed by atoms with Crippen molar-refractivity contribution >= 4 is 0 Å². The maximum atomic E-state index is 11.4. The van der Waals surface area contributed by atoms with Crippen LogP contribution in [0.4, 0.5) is 0 Å². The second-order valence-electron chi connectivity index (χ2n) is 5.35. The lowest BCUT2D eigenvalue weighted by atomic mass is 9.91. The fourth-order valence-corrected chi connectivity index (χ4v) is 2.93. The molecule has 0 fully saturated rings. The van der Waals surface area contributed by atoms with Crippen molar-refractivity contribution in [3.05, 3.63) is 51.7 Å². The Labute approximate surface area is 118 Å². The Balaban J connectivity index is 1.65. The number of fused-ring (bicyclic) bond motifs is 1. The Bertz CT molecular complexity index is 643. The van der Waals surface area contributed by atoms with E-state index in [0.717, 1.165) is 37.9 Å². The average molecular weight is 272 g/mol. The SMILES string of the molecule is Cn1nccc1CCNC1CCCc2[nH]c(=O)ccc21. The Hall–Kier alpha value is -1.88. The molecular weight excluding hydrogens is 252 g/mol. The Kier molecular flexibility index (Phi) is 3.69. The number of nitrogens with zero attached hydrogens (tertiary/aromatic N) is 2. The van der Waals surface area contributed by atoms with Crippen LogP contribution in [0.1, 0.15) is 35.8 Å². The molecule has 2 N–H and O–H groups in total. The van der Waals surface area contributed by atoms with E-state index in [2.05, 4.69) is 15.4 Å². The van der Waals surface area contributed by atoms with Crippen LogP contribution in [0.3, 0.4) is 0 Å². The van der Waals surface area contributed by atoms with Gasteiger partial charge in [0, 0.05) is 49.7 Å². The summed E-state index contributed by atoms with van der Waals surface area (Å²) in [5.74, 6) is 0. The zero-order chi connectivity index (χ0) is 13.9. The highest BCUT2D eigenvalue weighted by atomic mass is 16.1. The Morgan fingerprint density at radius 3 is 3.15 bits per heavy atom. The second kappa shape index (κ2) is 5.63. The topological polar surface area (TPSA) is 62.7 Å². The molecule has 0 bridgehead atoms. The minimum atomic E-state index is -0.000662. The van der Waals surface area contributed by atoms with Crippen LogP contribution in [0.5, 0.6) is 0 Å². The highest BCUT2D eigenvalue weighted by Gasteiger charge is 2.20. The summed E-state index contributed by atoms with van der Waals surface area (Å²) in [7, 11) is 1.97. The van der Waals surface area contributed by atoms with Gasteiger partial charge >= 0.3 is 0 Å². The first kappa shape index (κ1) is 13.1. The second-order valence-corrected chi connectivity index (χ2v) is 5.35. The molecule has 0 spiro atoms. The molecule has 0 aliphatic heterocycles. The molecule has 0 radical (unpaired) electrons. The minimum absolute atomic E-state index is 0.000662. The van der Waals surface area contributed by atoms with Crippen molar-refractivity contribution in [3.63, 3.8) is 0 Å². The summed E-state index contributed by atoms with van der Waals surface area (Å²) in [6.45, 7) is 0.919. The molecule has 5 nitrogen and oxygen atoms in total. The molecule has 0 aromatic carbocycles. The molecule has 2 heterocycles. The van der Waals surface area contributed by atoms with E-state index in [-0.39, 0.29) is 5.56 Å². The van der Waals surface area contributed by atoms with Gasteiger partial charge in [-0.3, -0.25) is 9.48 Å². The molecular formula is C15H20N4O. The maximum Gasteiger partial charge on any atom is 0.248 e. The third kappa shape index (κ3) is 2.67. The van der Waals surface area contributed by atoms with E-state index < -0.39 is 0 Å². The van der Waals surface area contributed by atoms with E-state index >= 15 is 0 Å². The van der Waals surface area contributed by atoms with E-state index in [9.17, 15) is 4.79 Å². The van der Waals surface area contributed by atoms with Gasteiger partial charge in [0.05, 0.1) is 0 Å². The molecule has 2 aromatic rings. The predicted molar refractivity (Wildman–Crippen MR) is 77.7 cm³/mol. The molecule has 106 valence electrons. The van der Waals surface area contributed by atoms with Gasteiger partial charge in [0.2, 0.25) is 5.56 Å². The van der Waals surface area contributed by atoms with Crippen LogP contribution in [0.25, 0.3) is 0 Å². The first-order valence-electron chi connectivity index (χ1n) is 7.16. The van der Waals surface area contributed by atoms with E-state index in [1.54, 1.807) is 6.07 Å². The number of H-pyrrole nitrogens is 1. The number of hydrogen-bond donors (Lipinski definition) is 2. The number of aromatic amines is 1. The molecule has 0 saturated carbocycles. The lowest BCUT2D eigenvalue weighted by molar-refractivity contribution is 0.454. The molecule has 3 rings (SSSR count). The summed E-state index contributed by atoms with van der Waals surface area (Å²) in [5.41, 5.74) is 3.58. The fraction of sp³-hybridized carbons (Fsp3) is 0.467. The van der Waals surface area contributed by atoms with Gasteiger partial charge in [0.25, 0.3) is 0 Å². The van der Waals surface area contributed by atoms with Crippen molar-refractivity contribution in [3.8, 4) is 0 Å². The van der Waals surface area contributed by atoms with Crippen LogP contribution in [0, 0.1) is 0 Å². The number of aromatic nitrogens is 3. The van der Waals surface area contributed by atoms with E-state index in [1.165, 1.54) is 11.3 Å². The predicted octanol–water partition coefficient (Wildman–Crippen LogP) is 1.32. The van der Waals surface area contributed by atoms with Crippen molar-refractivity contribution in [2.24, 2.45) is 7.05 Å². The Morgan fingerprint density at radius 1 is 1.45 bits per heavy atom. The highest BCUT2D eigenvalue weighted by Crippen LogP contribution is 2.27. The third-order valence-corrected chi connectivity index (χ3v) is 4.03. The van der Waals surface area contributed by atoms with Gasteiger partial charge in [-0.15, -0.1) is 0 Å². The molecule has 20 heavy (non-hydrogen) atoms. The summed E-state index contributed by atoms with van der Waals surface area (Å²) in [5, 5.41) is 7.78. The molecule has 2 aromatic heterocycles. The molecule has 1 aliphatic rings. The van der Waals surface area contributed by atoms with Crippen LogP contribution in [0.15, 0.2) is 29.2 Å². The number of nitrogens with one attached hydrogen (secondary N) is 2.